The average molecular weight is 458 g/mol. The summed E-state index contributed by atoms with van der Waals surface area (Å²) in [7, 11) is -3.32. The molecule has 0 N–H and O–H groups in total. The molecule has 0 heterocycles. The van der Waals surface area contributed by atoms with E-state index in [1.807, 2.05) is 0 Å². The number of rotatable bonds is 8. The van der Waals surface area contributed by atoms with Crippen molar-refractivity contribution >= 4 is 45.8 Å². The zero-order chi connectivity index (χ0) is 22.4. The lowest BCUT2D eigenvalue weighted by Gasteiger charge is -2.23. The van der Waals surface area contributed by atoms with Crippen molar-refractivity contribution in [2.24, 2.45) is 0 Å². The minimum Gasteiger partial charge on any atom is -0.463 e. The predicted octanol–water partition coefficient (Wildman–Crippen LogP) is 3.81. The smallest absolute Gasteiger partial charge is 0.338 e. The van der Waals surface area contributed by atoms with Crippen LogP contribution >= 0.6 is 11.6 Å². The molecule has 1 unspecified atom stereocenters. The third-order valence-corrected chi connectivity index (χ3v) is 4.99. The molecule has 0 aliphatic carbocycles. The average Bonchev–Trinajstić information content (AvgIpc) is 2.64. The monoisotopic (exact) mass is 457 g/mol. The number of anilines is 2. The van der Waals surface area contributed by atoms with E-state index >= 15 is 0 Å². The maximum absolute atomic E-state index is 14.8. The first-order valence-electron chi connectivity index (χ1n) is 9.00. The molecule has 0 amide bonds. The van der Waals surface area contributed by atoms with Gasteiger partial charge in [-0.2, -0.15) is 0 Å². The van der Waals surface area contributed by atoms with Gasteiger partial charge in [-0.05, 0) is 49.7 Å². The fraction of sp³-hybridized carbons (Fsp3) is 0.300. The summed E-state index contributed by atoms with van der Waals surface area (Å²) in [4.78, 5) is 23.0. The molecule has 1 atom stereocenters. The van der Waals surface area contributed by atoms with Crippen molar-refractivity contribution in [2.45, 2.75) is 33.3 Å². The zero-order valence-corrected chi connectivity index (χ0v) is 18.2. The van der Waals surface area contributed by atoms with Gasteiger partial charge in [-0.1, -0.05) is 17.7 Å². The van der Waals surface area contributed by atoms with Gasteiger partial charge in [0.25, 0.3) is 0 Å². The molecule has 0 radical (unpaired) electrons. The Kier molecular flexibility index (Phi) is 8.19. The number of halogens is 2. The van der Waals surface area contributed by atoms with Gasteiger partial charge >= 0.3 is 11.9 Å². The molecule has 0 aliphatic heterocycles. The van der Waals surface area contributed by atoms with E-state index < -0.39 is 34.7 Å². The van der Waals surface area contributed by atoms with Crippen molar-refractivity contribution in [3.63, 3.8) is 0 Å². The van der Waals surface area contributed by atoms with Gasteiger partial charge in [-0.3, -0.25) is 4.79 Å². The first kappa shape index (κ1) is 23.6. The highest BCUT2D eigenvalue weighted by Gasteiger charge is 2.22. The van der Waals surface area contributed by atoms with E-state index in [0.29, 0.717) is 5.56 Å². The molecule has 0 bridgehead atoms. The van der Waals surface area contributed by atoms with E-state index in [0.717, 1.165) is 10.4 Å². The van der Waals surface area contributed by atoms with Crippen LogP contribution in [0.3, 0.4) is 0 Å². The largest absolute Gasteiger partial charge is 0.463 e. The molecule has 2 aromatic rings. The number of carbonyl (C=O) groups excluding carboxylic acids is 2. The van der Waals surface area contributed by atoms with Gasteiger partial charge in [0.15, 0.2) is 0 Å². The summed E-state index contributed by atoms with van der Waals surface area (Å²) in [6, 6.07) is 7.86. The van der Waals surface area contributed by atoms with Crippen LogP contribution in [0.5, 0.6) is 0 Å². The number of nitrogens with zero attached hydrogens (tertiary/aromatic N) is 1. The fourth-order valence-corrected chi connectivity index (χ4v) is 3.73. The number of ether oxygens (including phenoxy) is 2. The van der Waals surface area contributed by atoms with Gasteiger partial charge in [0.05, 0.1) is 23.5 Å². The van der Waals surface area contributed by atoms with Crippen molar-refractivity contribution in [3.8, 4) is 0 Å². The molecule has 0 fully saturated rings. The summed E-state index contributed by atoms with van der Waals surface area (Å²) in [5, 5.41) is 0.235. The topological polar surface area (TPSA) is 90.0 Å². The number of benzene rings is 2. The van der Waals surface area contributed by atoms with Crippen molar-refractivity contribution in [2.75, 3.05) is 10.9 Å². The van der Waals surface area contributed by atoms with Crippen molar-refractivity contribution in [3.05, 3.63) is 58.4 Å². The lowest BCUT2D eigenvalue weighted by Crippen LogP contribution is -2.21. The molecule has 10 heteroatoms. The van der Waals surface area contributed by atoms with E-state index in [4.69, 9.17) is 21.1 Å². The summed E-state index contributed by atoms with van der Waals surface area (Å²) in [6.45, 7) is 4.65. The Bertz CT molecular complexity index is 1020. The van der Waals surface area contributed by atoms with Gasteiger partial charge in [-0.25, -0.2) is 21.9 Å². The summed E-state index contributed by atoms with van der Waals surface area (Å²) >= 11 is 6.05. The van der Waals surface area contributed by atoms with Crippen molar-refractivity contribution in [1.29, 1.82) is 0 Å². The molecular weight excluding hydrogens is 437 g/mol. The van der Waals surface area contributed by atoms with E-state index in [-0.39, 0.29) is 35.0 Å². The van der Waals surface area contributed by atoms with Gasteiger partial charge in [-0.15, -0.1) is 0 Å². The quantitative estimate of drug-likeness (QED) is 0.479. The van der Waals surface area contributed by atoms with Crippen LogP contribution in [-0.4, -0.2) is 33.1 Å². The number of carbonyl (C=O) groups is 2. The third kappa shape index (κ3) is 5.93. The predicted molar refractivity (Wildman–Crippen MR) is 111 cm³/mol. The molecular formula is C20H21ClFNO6S. The molecule has 2 rings (SSSR count). The molecule has 0 saturated carbocycles. The standard InChI is InChI=1S/C20H21ClFNO6S/c1-4-28-20(25)15-6-8-18(17(22)10-15)23(30(26)27)19-11-16(21)7-5-14(19)9-12(2)29-13(3)24/h5-8,10-12,30H,4,9H2,1-3H3. The fourth-order valence-electron chi connectivity index (χ4n) is 2.87. The van der Waals surface area contributed by atoms with Crippen LogP contribution in [0, 0.1) is 5.82 Å². The van der Waals surface area contributed by atoms with Crippen LogP contribution in [0.1, 0.15) is 36.7 Å². The molecule has 0 saturated heterocycles. The Hall–Kier alpha value is -2.65. The van der Waals surface area contributed by atoms with Gasteiger partial charge in [0.2, 0.25) is 10.9 Å². The Balaban J connectivity index is 2.52. The molecule has 7 nitrogen and oxygen atoms in total. The van der Waals surface area contributed by atoms with Crippen LogP contribution in [0.2, 0.25) is 5.02 Å². The summed E-state index contributed by atoms with van der Waals surface area (Å²) < 4.78 is 49.6. The lowest BCUT2D eigenvalue weighted by molar-refractivity contribution is -0.145. The normalized spacial score (nSPS) is 11.8. The van der Waals surface area contributed by atoms with Crippen LogP contribution in [0.15, 0.2) is 36.4 Å². The van der Waals surface area contributed by atoms with E-state index in [1.54, 1.807) is 26.0 Å². The minimum atomic E-state index is -3.32. The zero-order valence-electron chi connectivity index (χ0n) is 16.6. The Morgan fingerprint density at radius 1 is 1.17 bits per heavy atom. The van der Waals surface area contributed by atoms with E-state index in [1.165, 1.54) is 25.1 Å². The van der Waals surface area contributed by atoms with Crippen LogP contribution in [0.4, 0.5) is 15.8 Å². The van der Waals surface area contributed by atoms with E-state index in [9.17, 15) is 22.4 Å². The van der Waals surface area contributed by atoms with Gasteiger partial charge in [0.1, 0.15) is 11.9 Å². The number of esters is 2. The molecule has 30 heavy (non-hydrogen) atoms. The van der Waals surface area contributed by atoms with Crippen LogP contribution in [0.25, 0.3) is 0 Å². The maximum atomic E-state index is 14.8. The Morgan fingerprint density at radius 2 is 1.87 bits per heavy atom. The van der Waals surface area contributed by atoms with Crippen molar-refractivity contribution < 1.29 is 31.9 Å². The third-order valence-electron chi connectivity index (χ3n) is 4.00. The first-order chi connectivity index (χ1) is 14.1. The first-order valence-corrected chi connectivity index (χ1v) is 10.5. The lowest BCUT2D eigenvalue weighted by atomic mass is 10.1. The summed E-state index contributed by atoms with van der Waals surface area (Å²) in [5.41, 5.74) is 0.249. The summed E-state index contributed by atoms with van der Waals surface area (Å²) in [6.07, 6.45) is -0.376. The van der Waals surface area contributed by atoms with Crippen LogP contribution < -0.4 is 4.31 Å². The second kappa shape index (κ2) is 10.4. The SMILES string of the molecule is CCOC(=O)c1ccc(N(c2cc(Cl)ccc2CC(C)OC(C)=O)[SH](=O)=O)c(F)c1. The van der Waals surface area contributed by atoms with Crippen molar-refractivity contribution in [1.82, 2.24) is 0 Å². The summed E-state index contributed by atoms with van der Waals surface area (Å²) in [5.74, 6) is -2.14. The molecule has 2 aromatic carbocycles. The molecule has 0 aliphatic rings. The van der Waals surface area contributed by atoms with Gasteiger partial charge in [0, 0.05) is 18.4 Å². The Morgan fingerprint density at radius 3 is 2.43 bits per heavy atom. The highest BCUT2D eigenvalue weighted by atomic mass is 35.5. The van der Waals surface area contributed by atoms with Gasteiger partial charge < -0.3 is 9.47 Å². The number of hydrogen-bond donors (Lipinski definition) is 1. The number of hydrogen-bond acceptors (Lipinski definition) is 6. The highest BCUT2D eigenvalue weighted by Crippen LogP contribution is 2.34. The highest BCUT2D eigenvalue weighted by molar-refractivity contribution is 7.74. The number of thiol groups is 1. The van der Waals surface area contributed by atoms with E-state index in [2.05, 4.69) is 0 Å². The Labute approximate surface area is 180 Å². The minimum absolute atomic E-state index is 0.0472. The second-order valence-electron chi connectivity index (χ2n) is 6.33. The second-order valence-corrected chi connectivity index (χ2v) is 7.65. The molecule has 0 aromatic heterocycles. The molecule has 0 spiro atoms. The maximum Gasteiger partial charge on any atom is 0.338 e. The van der Waals surface area contributed by atoms with Crippen LogP contribution in [-0.2, 0) is 31.6 Å². The molecule has 162 valence electrons.